The van der Waals surface area contributed by atoms with Gasteiger partial charge in [-0.25, -0.2) is 4.39 Å². The van der Waals surface area contributed by atoms with Crippen LogP contribution in [0.25, 0.3) is 0 Å². The van der Waals surface area contributed by atoms with E-state index in [-0.39, 0.29) is 41.9 Å². The molecule has 1 heterocycles. The average Bonchev–Trinajstić information content (AvgIpc) is 2.69. The summed E-state index contributed by atoms with van der Waals surface area (Å²) in [7, 11) is 3.38. The van der Waals surface area contributed by atoms with E-state index >= 15 is 0 Å². The number of ether oxygens (including phenoxy) is 2. The molecule has 0 radical (unpaired) electrons. The second-order valence-corrected chi connectivity index (χ2v) is 6.10. The molecule has 0 bridgehead atoms. The van der Waals surface area contributed by atoms with Gasteiger partial charge in [-0.05, 0) is 23.8 Å². The monoisotopic (exact) mass is 485 g/mol. The predicted octanol–water partition coefficient (Wildman–Crippen LogP) is 3.82. The van der Waals surface area contributed by atoms with E-state index in [1.54, 1.807) is 26.3 Å². The van der Waals surface area contributed by atoms with Crippen LogP contribution >= 0.6 is 24.0 Å². The average molecular weight is 485 g/mol. The maximum Gasteiger partial charge on any atom is 0.191 e. The van der Waals surface area contributed by atoms with Crippen molar-refractivity contribution in [1.29, 1.82) is 0 Å². The van der Waals surface area contributed by atoms with Crippen molar-refractivity contribution in [1.82, 2.24) is 10.6 Å². The van der Waals surface area contributed by atoms with Crippen molar-refractivity contribution < 1.29 is 13.9 Å². The van der Waals surface area contributed by atoms with Crippen LogP contribution in [-0.2, 0) is 4.74 Å². The van der Waals surface area contributed by atoms with E-state index in [0.717, 1.165) is 23.3 Å². The summed E-state index contributed by atoms with van der Waals surface area (Å²) in [6.45, 7) is 1.19. The van der Waals surface area contributed by atoms with E-state index in [2.05, 4.69) is 21.7 Å². The van der Waals surface area contributed by atoms with E-state index in [1.807, 2.05) is 18.2 Å². The number of benzene rings is 2. The second kappa shape index (κ2) is 10.5. The normalized spacial score (nSPS) is 17.1. The fourth-order valence-corrected chi connectivity index (χ4v) is 3.06. The van der Waals surface area contributed by atoms with Gasteiger partial charge in [-0.1, -0.05) is 30.3 Å². The molecule has 27 heavy (non-hydrogen) atoms. The summed E-state index contributed by atoms with van der Waals surface area (Å²) in [6, 6.07) is 14.5. The van der Waals surface area contributed by atoms with Crippen LogP contribution in [0.1, 0.15) is 29.7 Å². The predicted molar refractivity (Wildman–Crippen MR) is 115 cm³/mol. The van der Waals surface area contributed by atoms with Crippen LogP contribution in [0.3, 0.4) is 0 Å². The fourth-order valence-electron chi connectivity index (χ4n) is 3.06. The lowest BCUT2D eigenvalue weighted by molar-refractivity contribution is 0.106. The number of guanidine groups is 1. The highest BCUT2D eigenvalue weighted by Gasteiger charge is 2.22. The molecular weight excluding hydrogens is 460 g/mol. The molecule has 2 unspecified atom stereocenters. The molecule has 2 atom stereocenters. The van der Waals surface area contributed by atoms with Gasteiger partial charge in [0.15, 0.2) is 5.96 Å². The Labute approximate surface area is 176 Å². The molecule has 0 amide bonds. The molecule has 0 saturated heterocycles. The summed E-state index contributed by atoms with van der Waals surface area (Å²) in [5.41, 5.74) is 2.04. The van der Waals surface area contributed by atoms with E-state index in [4.69, 9.17) is 9.47 Å². The molecule has 2 N–H and O–H groups in total. The molecule has 0 spiro atoms. The molecule has 0 fully saturated rings. The van der Waals surface area contributed by atoms with Crippen molar-refractivity contribution in [2.75, 3.05) is 27.3 Å². The zero-order valence-corrected chi connectivity index (χ0v) is 17.8. The Hall–Kier alpha value is -1.87. The topological polar surface area (TPSA) is 54.9 Å². The molecule has 0 aliphatic carbocycles. The first kappa shape index (κ1) is 21.4. The summed E-state index contributed by atoms with van der Waals surface area (Å²) in [6.07, 6.45) is 0.666. The van der Waals surface area contributed by atoms with E-state index in [9.17, 15) is 4.39 Å². The van der Waals surface area contributed by atoms with Gasteiger partial charge >= 0.3 is 0 Å². The molecule has 0 aromatic heterocycles. The van der Waals surface area contributed by atoms with Crippen LogP contribution in [0.5, 0.6) is 5.75 Å². The molecule has 7 heteroatoms. The number of halogens is 2. The Bertz CT molecular complexity index is 755. The number of hydrogen-bond acceptors (Lipinski definition) is 3. The van der Waals surface area contributed by atoms with Crippen LogP contribution < -0.4 is 15.4 Å². The van der Waals surface area contributed by atoms with Gasteiger partial charge in [-0.3, -0.25) is 4.99 Å². The van der Waals surface area contributed by atoms with Gasteiger partial charge in [0.2, 0.25) is 0 Å². The molecule has 146 valence electrons. The molecule has 1 aliphatic heterocycles. The zero-order valence-electron chi connectivity index (χ0n) is 15.4. The van der Waals surface area contributed by atoms with Crippen molar-refractivity contribution in [3.8, 4) is 5.75 Å². The molecule has 5 nitrogen and oxygen atoms in total. The lowest BCUT2D eigenvalue weighted by atomic mass is 10.0. The van der Waals surface area contributed by atoms with Crippen molar-refractivity contribution >= 4 is 29.9 Å². The summed E-state index contributed by atoms with van der Waals surface area (Å²) >= 11 is 0. The van der Waals surface area contributed by atoms with Gasteiger partial charge in [-0.2, -0.15) is 0 Å². The molecule has 3 rings (SSSR count). The zero-order chi connectivity index (χ0) is 18.4. The van der Waals surface area contributed by atoms with E-state index < -0.39 is 0 Å². The molecular formula is C20H25FIN3O2. The number of rotatable bonds is 5. The smallest absolute Gasteiger partial charge is 0.191 e. The lowest BCUT2D eigenvalue weighted by Gasteiger charge is -2.28. The van der Waals surface area contributed by atoms with E-state index in [0.29, 0.717) is 19.1 Å². The standard InChI is InChI=1S/C20H24FN3O2.HI/c1-22-20(23-13-19(25-2)14-7-9-15(21)10-8-14)24-17-11-12-26-18-6-4-3-5-16(17)18;/h3-10,17,19H,11-13H2,1-2H3,(H2,22,23,24);1H. The maximum absolute atomic E-state index is 13.1. The molecule has 0 saturated carbocycles. The third-order valence-electron chi connectivity index (χ3n) is 4.47. The van der Waals surface area contributed by atoms with Crippen LogP contribution in [0, 0.1) is 5.82 Å². The first-order valence-corrected chi connectivity index (χ1v) is 8.68. The molecule has 1 aliphatic rings. The number of fused-ring (bicyclic) bond motifs is 1. The first-order chi connectivity index (χ1) is 12.7. The summed E-state index contributed by atoms with van der Waals surface area (Å²) < 4.78 is 24.3. The Kier molecular flexibility index (Phi) is 8.30. The van der Waals surface area contributed by atoms with Gasteiger partial charge in [0, 0.05) is 32.7 Å². The van der Waals surface area contributed by atoms with Crippen molar-refractivity contribution in [3.63, 3.8) is 0 Å². The Morgan fingerprint density at radius 3 is 2.70 bits per heavy atom. The quantitative estimate of drug-likeness (QED) is 0.384. The largest absolute Gasteiger partial charge is 0.493 e. The summed E-state index contributed by atoms with van der Waals surface area (Å²) in [5.74, 6) is 1.34. The van der Waals surface area contributed by atoms with Gasteiger partial charge in [0.25, 0.3) is 0 Å². The molecule has 2 aromatic carbocycles. The highest BCUT2D eigenvalue weighted by Crippen LogP contribution is 2.31. The number of para-hydroxylation sites is 1. The van der Waals surface area contributed by atoms with Gasteiger partial charge in [0.05, 0.1) is 18.8 Å². The number of methoxy groups -OCH3 is 1. The van der Waals surface area contributed by atoms with Crippen molar-refractivity contribution in [2.24, 2.45) is 4.99 Å². The highest BCUT2D eigenvalue weighted by atomic mass is 127. The molecule has 2 aromatic rings. The Morgan fingerprint density at radius 1 is 1.26 bits per heavy atom. The lowest BCUT2D eigenvalue weighted by Crippen LogP contribution is -2.42. The van der Waals surface area contributed by atoms with Crippen LogP contribution in [0.4, 0.5) is 4.39 Å². The van der Waals surface area contributed by atoms with Crippen LogP contribution in [0.2, 0.25) is 0 Å². The number of nitrogens with zero attached hydrogens (tertiary/aromatic N) is 1. The fraction of sp³-hybridized carbons (Fsp3) is 0.350. The van der Waals surface area contributed by atoms with Crippen molar-refractivity contribution in [3.05, 3.63) is 65.5 Å². The Morgan fingerprint density at radius 2 is 2.00 bits per heavy atom. The third kappa shape index (κ3) is 5.55. The van der Waals surface area contributed by atoms with Crippen LogP contribution in [-0.4, -0.2) is 33.3 Å². The first-order valence-electron chi connectivity index (χ1n) is 8.68. The number of nitrogens with one attached hydrogen (secondary N) is 2. The minimum absolute atomic E-state index is 0. The minimum atomic E-state index is -0.257. The van der Waals surface area contributed by atoms with Crippen molar-refractivity contribution in [2.45, 2.75) is 18.6 Å². The maximum atomic E-state index is 13.1. The minimum Gasteiger partial charge on any atom is -0.493 e. The summed E-state index contributed by atoms with van der Waals surface area (Å²) in [5, 5.41) is 6.74. The van der Waals surface area contributed by atoms with Gasteiger partial charge < -0.3 is 20.1 Å². The van der Waals surface area contributed by atoms with Crippen LogP contribution in [0.15, 0.2) is 53.5 Å². The van der Waals surface area contributed by atoms with E-state index in [1.165, 1.54) is 12.1 Å². The van der Waals surface area contributed by atoms with Gasteiger partial charge in [-0.15, -0.1) is 24.0 Å². The number of aliphatic imine (C=N–C) groups is 1. The summed E-state index contributed by atoms with van der Waals surface area (Å²) in [4.78, 5) is 4.31. The number of hydrogen-bond donors (Lipinski definition) is 2. The Balaban J connectivity index is 0.00000261. The third-order valence-corrected chi connectivity index (χ3v) is 4.47. The SMILES string of the molecule is CN=C(NCC(OC)c1ccc(F)cc1)NC1CCOc2ccccc21.I. The second-order valence-electron chi connectivity index (χ2n) is 6.10. The highest BCUT2D eigenvalue weighted by molar-refractivity contribution is 14.0. The van der Waals surface area contributed by atoms with Gasteiger partial charge in [0.1, 0.15) is 11.6 Å².